The van der Waals surface area contributed by atoms with Crippen LogP contribution in [0.5, 0.6) is 0 Å². The minimum Gasteiger partial charge on any atom is -0.452 e. The number of hydrogen-bond donors (Lipinski definition) is 2. The van der Waals surface area contributed by atoms with Crippen LogP contribution in [0.25, 0.3) is 0 Å². The predicted molar refractivity (Wildman–Crippen MR) is 88.8 cm³/mol. The lowest BCUT2D eigenvalue weighted by Crippen LogP contribution is -2.43. The molecule has 0 aromatic heterocycles. The van der Waals surface area contributed by atoms with Crippen molar-refractivity contribution in [3.63, 3.8) is 0 Å². The number of esters is 1. The molecule has 2 aromatic rings. The van der Waals surface area contributed by atoms with Gasteiger partial charge in [0.25, 0.3) is 11.8 Å². The number of hydrazine groups is 1. The van der Waals surface area contributed by atoms with Gasteiger partial charge in [0.05, 0.1) is 11.1 Å². The smallest absolute Gasteiger partial charge is 0.338 e. The summed E-state index contributed by atoms with van der Waals surface area (Å²) >= 11 is 11.5. The number of carbonyl (C=O) groups excluding carboxylic acids is 3. The highest BCUT2D eigenvalue weighted by Crippen LogP contribution is 2.19. The fourth-order valence-corrected chi connectivity index (χ4v) is 2.29. The fraction of sp³-hybridized carbons (Fsp3) is 0.0625. The van der Waals surface area contributed by atoms with E-state index in [-0.39, 0.29) is 21.2 Å². The number of halogens is 3. The van der Waals surface area contributed by atoms with Crippen molar-refractivity contribution in [3.8, 4) is 0 Å². The molecule has 0 aliphatic carbocycles. The van der Waals surface area contributed by atoms with Crippen LogP contribution < -0.4 is 10.9 Å². The van der Waals surface area contributed by atoms with Crippen molar-refractivity contribution in [2.75, 3.05) is 6.61 Å². The lowest BCUT2D eigenvalue weighted by Gasteiger charge is -2.09. The van der Waals surface area contributed by atoms with Crippen LogP contribution in [0.2, 0.25) is 10.0 Å². The van der Waals surface area contributed by atoms with Gasteiger partial charge in [0.15, 0.2) is 6.61 Å². The van der Waals surface area contributed by atoms with Crippen LogP contribution in [0.4, 0.5) is 4.39 Å². The molecule has 2 aromatic carbocycles. The highest BCUT2D eigenvalue weighted by molar-refractivity contribution is 6.35. The van der Waals surface area contributed by atoms with Gasteiger partial charge in [-0.25, -0.2) is 9.18 Å². The Hall–Kier alpha value is -2.64. The summed E-state index contributed by atoms with van der Waals surface area (Å²) in [6.07, 6.45) is 0. The van der Waals surface area contributed by atoms with Crippen LogP contribution in [0.3, 0.4) is 0 Å². The third-order valence-corrected chi connectivity index (χ3v) is 3.30. The molecular formula is C16H11Cl2FN2O4. The van der Waals surface area contributed by atoms with Crippen molar-refractivity contribution in [1.29, 1.82) is 0 Å². The van der Waals surface area contributed by atoms with E-state index in [1.807, 2.05) is 10.9 Å². The largest absolute Gasteiger partial charge is 0.452 e. The highest BCUT2D eigenvalue weighted by atomic mass is 35.5. The van der Waals surface area contributed by atoms with Gasteiger partial charge in [-0.1, -0.05) is 35.3 Å². The summed E-state index contributed by atoms with van der Waals surface area (Å²) < 4.78 is 18.2. The SMILES string of the molecule is O=C(COC(=O)c1cc(Cl)cc(Cl)c1)NNC(=O)c1ccccc1F. The first-order chi connectivity index (χ1) is 11.9. The molecule has 0 fully saturated rings. The maximum atomic E-state index is 13.4. The average molecular weight is 385 g/mol. The zero-order valence-electron chi connectivity index (χ0n) is 12.5. The van der Waals surface area contributed by atoms with Crippen LogP contribution in [0, 0.1) is 5.82 Å². The summed E-state index contributed by atoms with van der Waals surface area (Å²) in [5, 5.41) is 0.474. The zero-order valence-corrected chi connectivity index (χ0v) is 14.0. The second-order valence-corrected chi connectivity index (χ2v) is 5.59. The molecule has 0 aliphatic heterocycles. The van der Waals surface area contributed by atoms with E-state index in [2.05, 4.69) is 0 Å². The number of hydrogen-bond acceptors (Lipinski definition) is 4. The van der Waals surface area contributed by atoms with Gasteiger partial charge >= 0.3 is 5.97 Å². The fourth-order valence-electron chi connectivity index (χ4n) is 1.76. The minimum absolute atomic E-state index is 0.0701. The molecule has 2 amide bonds. The highest BCUT2D eigenvalue weighted by Gasteiger charge is 2.14. The Balaban J connectivity index is 1.83. The molecule has 0 bridgehead atoms. The van der Waals surface area contributed by atoms with Gasteiger partial charge in [0.2, 0.25) is 0 Å². The van der Waals surface area contributed by atoms with E-state index in [0.717, 1.165) is 6.07 Å². The van der Waals surface area contributed by atoms with Crippen molar-refractivity contribution >= 4 is 41.0 Å². The van der Waals surface area contributed by atoms with Gasteiger partial charge in [-0.2, -0.15) is 0 Å². The first kappa shape index (κ1) is 18.7. The van der Waals surface area contributed by atoms with Gasteiger partial charge in [0, 0.05) is 10.0 Å². The molecule has 2 rings (SSSR count). The molecule has 0 unspecified atom stereocenters. The summed E-state index contributed by atoms with van der Waals surface area (Å²) in [5.41, 5.74) is 3.84. The molecule has 2 N–H and O–H groups in total. The molecule has 0 saturated carbocycles. The van der Waals surface area contributed by atoms with Crippen molar-refractivity contribution in [2.45, 2.75) is 0 Å². The third-order valence-electron chi connectivity index (χ3n) is 2.87. The number of amides is 2. The van der Waals surface area contributed by atoms with Gasteiger partial charge < -0.3 is 4.74 Å². The molecule has 0 spiro atoms. The molecule has 25 heavy (non-hydrogen) atoms. The Morgan fingerprint density at radius 1 is 1.00 bits per heavy atom. The summed E-state index contributed by atoms with van der Waals surface area (Å²) in [6.45, 7) is -0.666. The van der Waals surface area contributed by atoms with Crippen molar-refractivity contribution < 1.29 is 23.5 Å². The number of nitrogens with one attached hydrogen (secondary N) is 2. The van der Waals surface area contributed by atoms with E-state index in [4.69, 9.17) is 27.9 Å². The monoisotopic (exact) mass is 384 g/mol. The topological polar surface area (TPSA) is 84.5 Å². The van der Waals surface area contributed by atoms with Crippen LogP contribution in [0.1, 0.15) is 20.7 Å². The van der Waals surface area contributed by atoms with Crippen molar-refractivity contribution in [3.05, 3.63) is 69.5 Å². The first-order valence-electron chi connectivity index (χ1n) is 6.84. The quantitative estimate of drug-likeness (QED) is 0.626. The average Bonchev–Trinajstić information content (AvgIpc) is 2.57. The standard InChI is InChI=1S/C16H11Cl2FN2O4/c17-10-5-9(6-11(18)7-10)16(24)25-8-14(22)20-21-15(23)12-3-1-2-4-13(12)19/h1-7H,8H2,(H,20,22)(H,21,23). The zero-order chi connectivity index (χ0) is 18.4. The molecule has 0 aliphatic rings. The Morgan fingerprint density at radius 2 is 1.64 bits per heavy atom. The number of benzene rings is 2. The van der Waals surface area contributed by atoms with E-state index in [0.29, 0.717) is 0 Å². The van der Waals surface area contributed by atoms with Crippen LogP contribution in [0.15, 0.2) is 42.5 Å². The number of rotatable bonds is 4. The van der Waals surface area contributed by atoms with Crippen LogP contribution in [-0.2, 0) is 9.53 Å². The second kappa shape index (κ2) is 8.46. The minimum atomic E-state index is -0.848. The number of ether oxygens (including phenoxy) is 1. The summed E-state index contributed by atoms with van der Waals surface area (Å²) in [7, 11) is 0. The Bertz CT molecular complexity index is 809. The van der Waals surface area contributed by atoms with E-state index >= 15 is 0 Å². The first-order valence-corrected chi connectivity index (χ1v) is 7.59. The molecule has 130 valence electrons. The molecule has 0 atom stereocenters. The van der Waals surface area contributed by atoms with Crippen molar-refractivity contribution in [2.24, 2.45) is 0 Å². The lowest BCUT2D eigenvalue weighted by atomic mass is 10.2. The van der Waals surface area contributed by atoms with Gasteiger partial charge in [-0.15, -0.1) is 0 Å². The van der Waals surface area contributed by atoms with Gasteiger partial charge in [0.1, 0.15) is 5.82 Å². The molecular weight excluding hydrogens is 374 g/mol. The maximum Gasteiger partial charge on any atom is 0.338 e. The molecule has 6 nitrogen and oxygen atoms in total. The summed E-state index contributed by atoms with van der Waals surface area (Å²) in [4.78, 5) is 35.1. The van der Waals surface area contributed by atoms with Crippen LogP contribution in [-0.4, -0.2) is 24.4 Å². The second-order valence-electron chi connectivity index (χ2n) is 4.72. The molecule has 0 saturated heterocycles. The lowest BCUT2D eigenvalue weighted by molar-refractivity contribution is -0.125. The van der Waals surface area contributed by atoms with Crippen LogP contribution >= 0.6 is 23.2 Å². The summed E-state index contributed by atoms with van der Waals surface area (Å²) in [6, 6.07) is 9.34. The van der Waals surface area contributed by atoms with E-state index in [1.54, 1.807) is 0 Å². The Morgan fingerprint density at radius 3 is 2.28 bits per heavy atom. The van der Waals surface area contributed by atoms with Gasteiger partial charge in [-0.3, -0.25) is 20.4 Å². The Labute approximate surface area is 151 Å². The molecule has 0 heterocycles. The summed E-state index contributed by atoms with van der Waals surface area (Å²) in [5.74, 6) is -3.22. The Kier molecular flexibility index (Phi) is 6.32. The maximum absolute atomic E-state index is 13.4. The van der Waals surface area contributed by atoms with Gasteiger partial charge in [-0.05, 0) is 30.3 Å². The normalized spacial score (nSPS) is 10.0. The molecule has 9 heteroatoms. The van der Waals surface area contributed by atoms with E-state index < -0.39 is 30.2 Å². The molecule has 0 radical (unpaired) electrons. The van der Waals surface area contributed by atoms with Crippen molar-refractivity contribution in [1.82, 2.24) is 10.9 Å². The third kappa shape index (κ3) is 5.44. The number of carbonyl (C=O) groups is 3. The van der Waals surface area contributed by atoms with E-state index in [1.165, 1.54) is 36.4 Å². The van der Waals surface area contributed by atoms with E-state index in [9.17, 15) is 18.8 Å². The predicted octanol–water partition coefficient (Wildman–Crippen LogP) is 2.75.